The molecule has 0 fully saturated rings. The van der Waals surface area contributed by atoms with E-state index in [4.69, 9.17) is 9.97 Å². The molecule has 0 unspecified atom stereocenters. The van der Waals surface area contributed by atoms with Gasteiger partial charge in [0.05, 0.1) is 11.0 Å². The quantitative estimate of drug-likeness (QED) is 0.155. The Labute approximate surface area is 471 Å². The third-order valence-corrected chi connectivity index (χ3v) is 19.5. The van der Waals surface area contributed by atoms with Gasteiger partial charge in [0.2, 0.25) is 0 Å². The third-order valence-electron chi connectivity index (χ3n) is 19.5. The van der Waals surface area contributed by atoms with Crippen molar-refractivity contribution in [1.29, 1.82) is 0 Å². The second kappa shape index (κ2) is 17.9. The van der Waals surface area contributed by atoms with Crippen LogP contribution in [0.15, 0.2) is 182 Å². The van der Waals surface area contributed by atoms with Gasteiger partial charge >= 0.3 is 0 Å². The molecule has 0 amide bonds. The van der Waals surface area contributed by atoms with Crippen LogP contribution in [0.3, 0.4) is 0 Å². The van der Waals surface area contributed by atoms with E-state index in [9.17, 15) is 0 Å². The van der Waals surface area contributed by atoms with Crippen molar-refractivity contribution in [3.63, 3.8) is 0 Å². The Morgan fingerprint density at radius 2 is 0.537 bits per heavy atom. The minimum absolute atomic E-state index is 0.0843. The zero-order valence-electron chi connectivity index (χ0n) is 48.2. The molecule has 0 bridgehead atoms. The molecular formula is C78H66N2. The highest BCUT2D eigenvalue weighted by Crippen LogP contribution is 2.55. The molecule has 1 heterocycles. The lowest BCUT2D eigenvalue weighted by atomic mass is 9.77. The monoisotopic (exact) mass is 1030 g/mol. The van der Waals surface area contributed by atoms with E-state index in [1.54, 1.807) is 0 Å². The maximum absolute atomic E-state index is 4.94. The van der Waals surface area contributed by atoms with Gasteiger partial charge in [-0.05, 0) is 270 Å². The molecule has 0 spiro atoms. The van der Waals surface area contributed by atoms with Crippen LogP contribution >= 0.6 is 0 Å². The van der Waals surface area contributed by atoms with E-state index in [0.717, 1.165) is 43.7 Å². The van der Waals surface area contributed by atoms with E-state index in [1.165, 1.54) is 145 Å². The van der Waals surface area contributed by atoms with Gasteiger partial charge in [-0.1, -0.05) is 149 Å². The van der Waals surface area contributed by atoms with Gasteiger partial charge in [-0.2, -0.15) is 0 Å². The van der Waals surface area contributed by atoms with Crippen LogP contribution < -0.4 is 0 Å². The molecule has 0 saturated carbocycles. The van der Waals surface area contributed by atoms with Crippen LogP contribution in [0, 0.1) is 55.4 Å². The number of benzene rings is 11. The topological polar surface area (TPSA) is 25.8 Å². The van der Waals surface area contributed by atoms with Gasteiger partial charge in [0, 0.05) is 34.0 Å². The molecule has 2 aliphatic carbocycles. The number of fused-ring (bicyclic) bond motifs is 12. The molecule has 1 aromatic heterocycles. The molecule has 388 valence electrons. The van der Waals surface area contributed by atoms with Gasteiger partial charge in [0.25, 0.3) is 0 Å². The summed E-state index contributed by atoms with van der Waals surface area (Å²) in [6.07, 6.45) is 3.63. The van der Waals surface area contributed by atoms with Crippen LogP contribution in [0.4, 0.5) is 0 Å². The fourth-order valence-electron chi connectivity index (χ4n) is 14.6. The van der Waals surface area contributed by atoms with Crippen molar-refractivity contribution in [3.8, 4) is 89.0 Å². The lowest BCUT2D eigenvalue weighted by Gasteiger charge is -2.26. The average molecular weight is 1030 g/mol. The first-order valence-electron chi connectivity index (χ1n) is 28.5. The standard InChI is InChI=1S/C78H66N2/c1-43-45(3)49(7)73-71(47(43)5)65-31-27-61(41-69(65)77(73,9)10)57-23-15-19-53(37-57)51-17-13-21-55(35-51)59-25-29-63-67(39-59)68-40-60(26-30-64(68)76-75(63)79-33-34-80-76)56-22-14-18-52(36-56)54-20-16-24-58(38-54)62-28-32-66-70(42-62)78(11,12)74-50(8)46(4)44(2)48(6)72(66)74/h13-42H,1-12H3. The molecule has 2 heteroatoms. The summed E-state index contributed by atoms with van der Waals surface area (Å²) in [5.74, 6) is 0. The molecule has 80 heavy (non-hydrogen) atoms. The Hall–Kier alpha value is -8.72. The number of nitrogens with zero attached hydrogens (tertiary/aromatic N) is 2. The Balaban J connectivity index is 0.802. The van der Waals surface area contributed by atoms with E-state index in [1.807, 2.05) is 12.4 Å². The Morgan fingerprint density at radius 3 is 0.863 bits per heavy atom. The van der Waals surface area contributed by atoms with E-state index >= 15 is 0 Å². The summed E-state index contributed by atoms with van der Waals surface area (Å²) in [6.45, 7) is 28.0. The van der Waals surface area contributed by atoms with Crippen LogP contribution in [0.1, 0.15) is 94.5 Å². The molecule has 14 rings (SSSR count). The Morgan fingerprint density at radius 1 is 0.263 bits per heavy atom. The van der Waals surface area contributed by atoms with Crippen molar-refractivity contribution in [3.05, 3.63) is 249 Å². The molecular weight excluding hydrogens is 965 g/mol. The number of hydrogen-bond acceptors (Lipinski definition) is 2. The molecule has 0 N–H and O–H groups in total. The maximum atomic E-state index is 4.94. The van der Waals surface area contributed by atoms with Gasteiger partial charge in [0.15, 0.2) is 0 Å². The summed E-state index contributed by atoms with van der Waals surface area (Å²) in [6, 6.07) is 64.3. The minimum Gasteiger partial charge on any atom is -0.252 e. The largest absolute Gasteiger partial charge is 0.252 e. The first kappa shape index (κ1) is 49.6. The molecule has 12 aromatic rings. The van der Waals surface area contributed by atoms with Gasteiger partial charge < -0.3 is 0 Å². The van der Waals surface area contributed by atoms with E-state index in [2.05, 4.69) is 253 Å². The van der Waals surface area contributed by atoms with E-state index < -0.39 is 0 Å². The zero-order valence-corrected chi connectivity index (χ0v) is 48.2. The van der Waals surface area contributed by atoms with Crippen molar-refractivity contribution >= 4 is 32.6 Å². The van der Waals surface area contributed by atoms with Crippen LogP contribution in [0.2, 0.25) is 0 Å². The normalized spacial score (nSPS) is 13.7. The van der Waals surface area contributed by atoms with Crippen molar-refractivity contribution in [2.45, 2.75) is 93.9 Å². The van der Waals surface area contributed by atoms with Gasteiger partial charge in [0.1, 0.15) is 0 Å². The predicted octanol–water partition coefficient (Wildman–Crippen LogP) is 21.0. The summed E-state index contributed by atoms with van der Waals surface area (Å²) >= 11 is 0. The Kier molecular flexibility index (Phi) is 11.1. The predicted molar refractivity (Wildman–Crippen MR) is 340 cm³/mol. The van der Waals surface area contributed by atoms with Crippen molar-refractivity contribution in [2.75, 3.05) is 0 Å². The summed E-state index contributed by atoms with van der Waals surface area (Å²) in [7, 11) is 0. The summed E-state index contributed by atoms with van der Waals surface area (Å²) in [5.41, 5.74) is 38.8. The summed E-state index contributed by atoms with van der Waals surface area (Å²) in [5, 5.41) is 4.53. The summed E-state index contributed by atoms with van der Waals surface area (Å²) in [4.78, 5) is 9.88. The van der Waals surface area contributed by atoms with Gasteiger partial charge in [-0.3, -0.25) is 9.97 Å². The third kappa shape index (κ3) is 7.30. The summed E-state index contributed by atoms with van der Waals surface area (Å²) < 4.78 is 0. The SMILES string of the molecule is Cc1c(C)c(C)c2c(c1C)-c1ccc(-c3cccc(-c4cccc(-c5ccc6c(c5)c5cc(-c7cccc(-c8cccc(-c9ccc%10c(c9)C(C)(C)c9c(C)c(C)c(C)c(C)c9-%10)c8)c7)ccc5c5nccnc65)c4)c3)cc1C2(C)C. The molecule has 2 aliphatic rings. The number of aromatic nitrogens is 2. The van der Waals surface area contributed by atoms with E-state index in [0.29, 0.717) is 0 Å². The van der Waals surface area contributed by atoms with Gasteiger partial charge in [-0.15, -0.1) is 0 Å². The molecule has 0 aliphatic heterocycles. The van der Waals surface area contributed by atoms with Crippen LogP contribution in [0.25, 0.3) is 122 Å². The molecule has 2 nitrogen and oxygen atoms in total. The maximum Gasteiger partial charge on any atom is 0.0971 e. The molecule has 0 radical (unpaired) electrons. The lowest BCUT2D eigenvalue weighted by molar-refractivity contribution is 0.654. The highest BCUT2D eigenvalue weighted by Gasteiger charge is 2.40. The molecule has 0 saturated heterocycles. The van der Waals surface area contributed by atoms with Crippen LogP contribution in [-0.2, 0) is 10.8 Å². The second-order valence-electron chi connectivity index (χ2n) is 24.4. The highest BCUT2D eigenvalue weighted by molar-refractivity contribution is 6.24. The van der Waals surface area contributed by atoms with Crippen LogP contribution in [-0.4, -0.2) is 9.97 Å². The highest BCUT2D eigenvalue weighted by atomic mass is 14.8. The van der Waals surface area contributed by atoms with E-state index in [-0.39, 0.29) is 10.8 Å². The lowest BCUT2D eigenvalue weighted by Crippen LogP contribution is -2.17. The smallest absolute Gasteiger partial charge is 0.0971 e. The first-order valence-corrected chi connectivity index (χ1v) is 28.5. The second-order valence-corrected chi connectivity index (χ2v) is 24.4. The molecule has 11 aromatic carbocycles. The number of hydrogen-bond donors (Lipinski definition) is 0. The fraction of sp³-hybridized carbons (Fsp3) is 0.179. The first-order chi connectivity index (χ1) is 38.5. The average Bonchev–Trinajstić information content (AvgIpc) is 3.92. The Bertz CT molecular complexity index is 4380. The van der Waals surface area contributed by atoms with Crippen LogP contribution in [0.5, 0.6) is 0 Å². The number of rotatable bonds is 6. The van der Waals surface area contributed by atoms with Crippen molar-refractivity contribution in [1.82, 2.24) is 9.97 Å². The fourth-order valence-corrected chi connectivity index (χ4v) is 14.6. The molecule has 0 atom stereocenters. The zero-order chi connectivity index (χ0) is 55.3. The van der Waals surface area contributed by atoms with Crippen molar-refractivity contribution in [2.24, 2.45) is 0 Å². The minimum atomic E-state index is -0.0843. The van der Waals surface area contributed by atoms with Crippen molar-refractivity contribution < 1.29 is 0 Å². The van der Waals surface area contributed by atoms with Gasteiger partial charge in [-0.25, -0.2) is 0 Å².